The van der Waals surface area contributed by atoms with Crippen LogP contribution in [0.25, 0.3) is 11.3 Å². The predicted octanol–water partition coefficient (Wildman–Crippen LogP) is 9.79. The Morgan fingerprint density at radius 3 is 2.30 bits per heavy atom. The van der Waals surface area contributed by atoms with Gasteiger partial charge in [-0.25, -0.2) is 9.78 Å². The number of pyridine rings is 2. The number of rotatable bonds is 16. The van der Waals surface area contributed by atoms with Crippen molar-refractivity contribution >= 4 is 14.2 Å². The maximum atomic E-state index is 13.4. The maximum absolute atomic E-state index is 13.4. The fourth-order valence-electron chi connectivity index (χ4n) is 7.05. The smallest absolute Gasteiger partial charge is 0.410 e. The molecule has 1 amide bonds. The van der Waals surface area contributed by atoms with Gasteiger partial charge in [0.1, 0.15) is 17.2 Å². The monoisotopic (exact) mass is 774 g/mol. The average Bonchev–Trinajstić information content (AvgIpc) is 3.67. The molecule has 296 valence electrons. The van der Waals surface area contributed by atoms with Gasteiger partial charge in [-0.15, -0.1) is 0 Å². The van der Waals surface area contributed by atoms with Crippen molar-refractivity contribution in [2.24, 2.45) is 0 Å². The highest BCUT2D eigenvalue weighted by Gasteiger charge is 2.35. The molecule has 0 spiro atoms. The molecular weight excluding hydrogens is 717 g/mol. The normalized spacial score (nSPS) is 15.0. The largest absolute Gasteiger partial charge is 0.497 e. The molecule has 1 aliphatic rings. The second-order valence-corrected chi connectivity index (χ2v) is 22.5. The van der Waals surface area contributed by atoms with Crippen LogP contribution in [0.4, 0.5) is 4.79 Å². The van der Waals surface area contributed by atoms with E-state index in [1.54, 1.807) is 18.2 Å². The summed E-state index contributed by atoms with van der Waals surface area (Å²) in [4.78, 5) is 35.8. The van der Waals surface area contributed by atoms with Crippen molar-refractivity contribution in [1.82, 2.24) is 29.7 Å². The lowest BCUT2D eigenvalue weighted by Crippen LogP contribution is -2.38. The Kier molecular flexibility index (Phi) is 13.4. The number of aromatic nitrogens is 4. The van der Waals surface area contributed by atoms with Crippen molar-refractivity contribution in [3.63, 3.8) is 0 Å². The van der Waals surface area contributed by atoms with E-state index in [4.69, 9.17) is 24.2 Å². The molecule has 0 aliphatic heterocycles. The number of nitrogens with zero attached hydrogens (tertiary/aromatic N) is 5. The highest BCUT2D eigenvalue weighted by atomic mass is 28.3. The number of carbonyl (C=O) groups is 1. The van der Waals surface area contributed by atoms with Gasteiger partial charge in [0.25, 0.3) is 0 Å². The van der Waals surface area contributed by atoms with E-state index in [0.717, 1.165) is 70.7 Å². The van der Waals surface area contributed by atoms with E-state index in [9.17, 15) is 4.79 Å². The molecular formula is C45H58N6O4Si. The first-order chi connectivity index (χ1) is 26.8. The zero-order valence-electron chi connectivity index (χ0n) is 34.1. The molecule has 2 aromatic carbocycles. The molecule has 1 aliphatic carbocycles. The van der Waals surface area contributed by atoms with Crippen LogP contribution in [-0.2, 0) is 35.5 Å². The lowest BCUT2D eigenvalue weighted by atomic mass is 9.89. The van der Waals surface area contributed by atoms with Gasteiger partial charge >= 0.3 is 6.09 Å². The molecule has 2 unspecified atom stereocenters. The number of ether oxygens (including phenoxy) is 3. The van der Waals surface area contributed by atoms with Crippen molar-refractivity contribution in [2.75, 3.05) is 20.3 Å². The highest BCUT2D eigenvalue weighted by Crippen LogP contribution is 2.39. The number of nitrogens with one attached hydrogen (secondary N) is 1. The molecule has 0 saturated heterocycles. The number of methoxy groups -OCH3 is 1. The summed E-state index contributed by atoms with van der Waals surface area (Å²) in [7, 11) is 0.378. The highest BCUT2D eigenvalue weighted by molar-refractivity contribution is 6.76. The number of carbonyl (C=O) groups excluding carboxylic acids is 1. The number of amides is 1. The molecule has 1 N–H and O–H groups in total. The van der Waals surface area contributed by atoms with E-state index in [1.807, 2.05) is 69.6 Å². The van der Waals surface area contributed by atoms with Gasteiger partial charge < -0.3 is 19.2 Å². The summed E-state index contributed by atoms with van der Waals surface area (Å²) >= 11 is 0. The van der Waals surface area contributed by atoms with Crippen molar-refractivity contribution in [3.8, 4) is 17.0 Å². The second kappa shape index (κ2) is 18.4. The van der Waals surface area contributed by atoms with Gasteiger partial charge in [0.2, 0.25) is 0 Å². The minimum Gasteiger partial charge on any atom is -0.497 e. The fraction of sp³-hybridized carbons (Fsp3) is 0.422. The molecule has 3 heterocycles. The SMILES string of the molecule is COc1ccc(-c2cnc(C(COCC[Si](C)(C)C)N(Cc3ccc(CN(Cc4ccccn4)C(=O)OC(C)(C)C)cc3)C3CCCc4cccnc43)[nH]2)cc1. The summed E-state index contributed by atoms with van der Waals surface area (Å²) in [6.07, 6.45) is 8.30. The fourth-order valence-corrected chi connectivity index (χ4v) is 7.81. The first-order valence-electron chi connectivity index (χ1n) is 19.8. The van der Waals surface area contributed by atoms with Crippen LogP contribution in [0.15, 0.2) is 97.5 Å². The van der Waals surface area contributed by atoms with Crippen molar-refractivity contribution in [3.05, 3.63) is 131 Å². The zero-order valence-corrected chi connectivity index (χ0v) is 35.1. The first-order valence-corrected chi connectivity index (χ1v) is 23.5. The standard InChI is InChI=1S/C45H58N6O4Si/c1-45(2,3)55-44(52)50(31-37-14-8-9-24-46-37)29-33-16-18-34(19-17-33)30-51(40-15-10-12-36-13-11-25-47-42(36)40)41(32-54-26-27-56(5,6)7)43-48-28-39(49-43)35-20-22-38(53-4)23-21-35/h8-9,11,13-14,16-25,28,40-41H,10,12,15,26-27,29-32H2,1-7H3,(H,48,49). The van der Waals surface area contributed by atoms with Crippen molar-refractivity contribution in [1.29, 1.82) is 0 Å². The van der Waals surface area contributed by atoms with E-state index in [2.05, 4.69) is 77.0 Å². The van der Waals surface area contributed by atoms with E-state index in [1.165, 1.54) is 5.56 Å². The Bertz CT molecular complexity index is 1990. The second-order valence-electron chi connectivity index (χ2n) is 16.9. The molecule has 3 aromatic heterocycles. The minimum atomic E-state index is -1.30. The number of aromatic amines is 1. The Morgan fingerprint density at radius 2 is 1.62 bits per heavy atom. The molecule has 10 nitrogen and oxygen atoms in total. The summed E-state index contributed by atoms with van der Waals surface area (Å²) < 4.78 is 17.8. The number of H-pyrrole nitrogens is 1. The number of imidazole rings is 1. The van der Waals surface area contributed by atoms with Crippen LogP contribution in [0.3, 0.4) is 0 Å². The Morgan fingerprint density at radius 1 is 0.893 bits per heavy atom. The number of hydrogen-bond donors (Lipinski definition) is 1. The van der Waals surface area contributed by atoms with Crippen molar-refractivity contribution < 1.29 is 19.0 Å². The quantitative estimate of drug-likeness (QED) is 0.0781. The molecule has 0 fully saturated rings. The van der Waals surface area contributed by atoms with Crippen LogP contribution in [0.2, 0.25) is 25.7 Å². The molecule has 0 saturated carbocycles. The van der Waals surface area contributed by atoms with Gasteiger partial charge in [-0.3, -0.25) is 19.8 Å². The Labute approximate surface area is 333 Å². The molecule has 5 aromatic rings. The van der Waals surface area contributed by atoms with Crippen LogP contribution < -0.4 is 4.74 Å². The van der Waals surface area contributed by atoms with Gasteiger partial charge in [-0.1, -0.05) is 56.0 Å². The van der Waals surface area contributed by atoms with Crippen LogP contribution >= 0.6 is 0 Å². The lowest BCUT2D eigenvalue weighted by molar-refractivity contribution is 0.0214. The summed E-state index contributed by atoms with van der Waals surface area (Å²) in [6.45, 7) is 15.4. The van der Waals surface area contributed by atoms with Crippen LogP contribution in [0.5, 0.6) is 5.75 Å². The van der Waals surface area contributed by atoms with Crippen LogP contribution in [-0.4, -0.2) is 69.8 Å². The summed E-state index contributed by atoms with van der Waals surface area (Å²) in [5.41, 5.74) is 6.77. The minimum absolute atomic E-state index is 0.0702. The molecule has 2 atom stereocenters. The third kappa shape index (κ3) is 11.4. The molecule has 11 heteroatoms. The summed E-state index contributed by atoms with van der Waals surface area (Å²) in [5.74, 6) is 1.68. The predicted molar refractivity (Wildman–Crippen MR) is 224 cm³/mol. The number of fused-ring (bicyclic) bond motifs is 1. The zero-order chi connectivity index (χ0) is 39.7. The Balaban J connectivity index is 1.31. The number of aryl methyl sites for hydroxylation is 1. The Hall–Kier alpha value is -4.84. The van der Waals surface area contributed by atoms with Crippen LogP contribution in [0.1, 0.15) is 79.6 Å². The van der Waals surface area contributed by atoms with E-state index < -0.39 is 13.7 Å². The van der Waals surface area contributed by atoms with E-state index in [0.29, 0.717) is 32.8 Å². The van der Waals surface area contributed by atoms with Gasteiger partial charge in [-0.2, -0.15) is 0 Å². The molecule has 0 radical (unpaired) electrons. The molecule has 6 rings (SSSR count). The molecule has 0 bridgehead atoms. The van der Waals surface area contributed by atoms with Crippen LogP contribution in [0, 0.1) is 0 Å². The number of benzene rings is 2. The van der Waals surface area contributed by atoms with Gasteiger partial charge in [0.05, 0.1) is 55.6 Å². The van der Waals surface area contributed by atoms with E-state index in [-0.39, 0.29) is 18.2 Å². The first kappa shape index (κ1) is 40.8. The van der Waals surface area contributed by atoms with Gasteiger partial charge in [0.15, 0.2) is 0 Å². The summed E-state index contributed by atoms with van der Waals surface area (Å²) in [5, 5.41) is 0. The summed E-state index contributed by atoms with van der Waals surface area (Å²) in [6, 6.07) is 27.6. The lowest BCUT2D eigenvalue weighted by Gasteiger charge is -2.39. The van der Waals surface area contributed by atoms with Gasteiger partial charge in [-0.05, 0) is 111 Å². The van der Waals surface area contributed by atoms with E-state index >= 15 is 0 Å². The topological polar surface area (TPSA) is 106 Å². The molecule has 56 heavy (non-hydrogen) atoms. The van der Waals surface area contributed by atoms with Crippen molar-refractivity contribution in [2.45, 2.75) is 103 Å². The number of hydrogen-bond acceptors (Lipinski definition) is 8. The van der Waals surface area contributed by atoms with Gasteiger partial charge in [0, 0.05) is 40.2 Å². The maximum Gasteiger partial charge on any atom is 0.410 e. The third-order valence-electron chi connectivity index (χ3n) is 10.0. The average molecular weight is 775 g/mol. The third-order valence-corrected chi connectivity index (χ3v) is 11.7.